The fourth-order valence-electron chi connectivity index (χ4n) is 2.02. The van der Waals surface area contributed by atoms with Crippen molar-refractivity contribution in [1.29, 1.82) is 0 Å². The first-order valence-electron chi connectivity index (χ1n) is 6.89. The summed E-state index contributed by atoms with van der Waals surface area (Å²) < 4.78 is 6.85. The average molecular weight is 292 g/mol. The first-order chi connectivity index (χ1) is 9.77. The topological polar surface area (TPSA) is 44.1 Å². The molecule has 0 bridgehead atoms. The molecule has 5 heteroatoms. The van der Waals surface area contributed by atoms with Crippen LogP contribution in [0.5, 0.6) is 0 Å². The highest BCUT2D eigenvalue weighted by Crippen LogP contribution is 2.18. The molecule has 0 fully saturated rings. The highest BCUT2D eigenvalue weighted by molar-refractivity contribution is 7.99. The maximum Gasteiger partial charge on any atom is 0.262 e. The van der Waals surface area contributed by atoms with E-state index in [-0.39, 0.29) is 5.56 Å². The fraction of sp³-hybridized carbons (Fsp3) is 0.467. The van der Waals surface area contributed by atoms with Crippen molar-refractivity contribution in [1.82, 2.24) is 9.55 Å². The zero-order valence-electron chi connectivity index (χ0n) is 12.0. The summed E-state index contributed by atoms with van der Waals surface area (Å²) in [6.45, 7) is 3.43. The summed E-state index contributed by atoms with van der Waals surface area (Å²) >= 11 is 1.65. The SMILES string of the molecule is CCCSc1nc2ccccc2c(=O)n1CCCOC. The van der Waals surface area contributed by atoms with Crippen molar-refractivity contribution in [3.63, 3.8) is 0 Å². The lowest BCUT2D eigenvalue weighted by molar-refractivity contribution is 0.189. The number of para-hydroxylation sites is 1. The fourth-order valence-corrected chi connectivity index (χ4v) is 2.90. The third-order valence-electron chi connectivity index (χ3n) is 2.99. The van der Waals surface area contributed by atoms with Gasteiger partial charge in [-0.2, -0.15) is 0 Å². The van der Waals surface area contributed by atoms with Crippen LogP contribution in [0.2, 0.25) is 0 Å². The molecule has 0 radical (unpaired) electrons. The van der Waals surface area contributed by atoms with Crippen LogP contribution in [0.25, 0.3) is 10.9 Å². The molecule has 0 N–H and O–H groups in total. The first-order valence-corrected chi connectivity index (χ1v) is 7.87. The molecule has 0 aliphatic rings. The molecule has 0 atom stereocenters. The minimum absolute atomic E-state index is 0.0466. The van der Waals surface area contributed by atoms with Gasteiger partial charge in [-0.25, -0.2) is 4.98 Å². The number of benzene rings is 1. The predicted molar refractivity (Wildman–Crippen MR) is 83.5 cm³/mol. The van der Waals surface area contributed by atoms with Gasteiger partial charge in [-0.1, -0.05) is 30.8 Å². The van der Waals surface area contributed by atoms with Crippen LogP contribution >= 0.6 is 11.8 Å². The predicted octanol–water partition coefficient (Wildman–Crippen LogP) is 2.94. The van der Waals surface area contributed by atoms with Crippen LogP contribution in [0.3, 0.4) is 0 Å². The summed E-state index contributed by atoms with van der Waals surface area (Å²) in [5.74, 6) is 0.967. The Morgan fingerprint density at radius 3 is 2.90 bits per heavy atom. The Bertz CT molecular complexity index is 625. The van der Waals surface area contributed by atoms with Gasteiger partial charge in [0.15, 0.2) is 5.16 Å². The number of hydrogen-bond acceptors (Lipinski definition) is 4. The third-order valence-corrected chi connectivity index (χ3v) is 4.17. The Kier molecular flexibility index (Phi) is 5.61. The van der Waals surface area contributed by atoms with Crippen LogP contribution in [-0.4, -0.2) is 29.0 Å². The second kappa shape index (κ2) is 7.45. The number of ether oxygens (including phenoxy) is 1. The molecule has 4 nitrogen and oxygen atoms in total. The Hall–Kier alpha value is -1.33. The minimum atomic E-state index is 0.0466. The molecular formula is C15H20N2O2S. The van der Waals surface area contributed by atoms with Crippen LogP contribution in [0.4, 0.5) is 0 Å². The average Bonchev–Trinajstić information content (AvgIpc) is 2.48. The van der Waals surface area contributed by atoms with E-state index in [2.05, 4.69) is 11.9 Å². The Morgan fingerprint density at radius 2 is 2.15 bits per heavy atom. The summed E-state index contributed by atoms with van der Waals surface area (Å²) in [7, 11) is 1.67. The van der Waals surface area contributed by atoms with Crippen molar-refractivity contribution >= 4 is 22.7 Å². The van der Waals surface area contributed by atoms with E-state index in [0.717, 1.165) is 29.3 Å². The van der Waals surface area contributed by atoms with E-state index in [1.54, 1.807) is 23.4 Å². The molecule has 2 aromatic rings. The summed E-state index contributed by atoms with van der Waals surface area (Å²) in [5.41, 5.74) is 0.824. The number of nitrogens with zero attached hydrogens (tertiary/aromatic N) is 2. The number of rotatable bonds is 7. The van der Waals surface area contributed by atoms with Crippen molar-refractivity contribution in [2.24, 2.45) is 0 Å². The molecule has 0 amide bonds. The number of fused-ring (bicyclic) bond motifs is 1. The van der Waals surface area contributed by atoms with Crippen LogP contribution in [0.15, 0.2) is 34.2 Å². The molecular weight excluding hydrogens is 272 g/mol. The van der Waals surface area contributed by atoms with Crippen molar-refractivity contribution < 1.29 is 4.74 Å². The Morgan fingerprint density at radius 1 is 1.35 bits per heavy atom. The molecule has 1 heterocycles. The van der Waals surface area contributed by atoms with Gasteiger partial charge in [-0.3, -0.25) is 9.36 Å². The molecule has 20 heavy (non-hydrogen) atoms. The maximum absolute atomic E-state index is 12.6. The lowest BCUT2D eigenvalue weighted by atomic mass is 10.2. The number of hydrogen-bond donors (Lipinski definition) is 0. The molecule has 2 rings (SSSR count). The summed E-state index contributed by atoms with van der Waals surface area (Å²) in [5, 5.41) is 1.50. The highest BCUT2D eigenvalue weighted by atomic mass is 32.2. The van der Waals surface area contributed by atoms with E-state index in [1.807, 2.05) is 24.3 Å². The first kappa shape index (κ1) is 15.1. The molecule has 108 valence electrons. The van der Waals surface area contributed by atoms with Gasteiger partial charge in [0.1, 0.15) is 0 Å². The molecule has 0 aliphatic heterocycles. The smallest absolute Gasteiger partial charge is 0.262 e. The van der Waals surface area contributed by atoms with Gasteiger partial charge in [-0.05, 0) is 25.0 Å². The second-order valence-corrected chi connectivity index (χ2v) is 5.63. The summed E-state index contributed by atoms with van der Waals surface area (Å²) in [6.07, 6.45) is 1.88. The molecule has 1 aromatic heterocycles. The van der Waals surface area contributed by atoms with Crippen molar-refractivity contribution in [2.75, 3.05) is 19.5 Å². The van der Waals surface area contributed by atoms with Gasteiger partial charge in [-0.15, -0.1) is 0 Å². The lowest BCUT2D eigenvalue weighted by Crippen LogP contribution is -2.24. The summed E-state index contributed by atoms with van der Waals surface area (Å²) in [6, 6.07) is 7.53. The maximum atomic E-state index is 12.6. The number of aromatic nitrogens is 2. The molecule has 0 aliphatic carbocycles. The Labute approximate surface area is 123 Å². The second-order valence-electron chi connectivity index (χ2n) is 4.56. The van der Waals surface area contributed by atoms with Gasteiger partial charge < -0.3 is 4.74 Å². The van der Waals surface area contributed by atoms with E-state index in [4.69, 9.17) is 4.74 Å². The highest BCUT2D eigenvalue weighted by Gasteiger charge is 2.10. The van der Waals surface area contributed by atoms with Crippen molar-refractivity contribution in [2.45, 2.75) is 31.5 Å². The standard InChI is InChI=1S/C15H20N2O2S/c1-3-11-20-15-16-13-8-5-4-7-12(13)14(18)17(15)9-6-10-19-2/h4-5,7-8H,3,6,9-11H2,1-2H3. The molecule has 0 saturated heterocycles. The van der Waals surface area contributed by atoms with E-state index in [9.17, 15) is 4.79 Å². The number of thioether (sulfide) groups is 1. The minimum Gasteiger partial charge on any atom is -0.385 e. The van der Waals surface area contributed by atoms with Gasteiger partial charge in [0, 0.05) is 26.0 Å². The van der Waals surface area contributed by atoms with Crippen LogP contribution in [-0.2, 0) is 11.3 Å². The molecule has 1 aromatic carbocycles. The lowest BCUT2D eigenvalue weighted by Gasteiger charge is -2.12. The number of methoxy groups -OCH3 is 1. The molecule has 0 spiro atoms. The van der Waals surface area contributed by atoms with E-state index < -0.39 is 0 Å². The van der Waals surface area contributed by atoms with Gasteiger partial charge in [0.2, 0.25) is 0 Å². The normalized spacial score (nSPS) is 11.1. The van der Waals surface area contributed by atoms with E-state index in [1.165, 1.54) is 0 Å². The van der Waals surface area contributed by atoms with Crippen LogP contribution < -0.4 is 5.56 Å². The Balaban J connectivity index is 2.43. The largest absolute Gasteiger partial charge is 0.385 e. The quantitative estimate of drug-likeness (QED) is 0.447. The van der Waals surface area contributed by atoms with Crippen LogP contribution in [0.1, 0.15) is 19.8 Å². The van der Waals surface area contributed by atoms with E-state index in [0.29, 0.717) is 18.5 Å². The molecule has 0 unspecified atom stereocenters. The summed E-state index contributed by atoms with van der Waals surface area (Å²) in [4.78, 5) is 17.2. The zero-order chi connectivity index (χ0) is 14.4. The molecule has 0 saturated carbocycles. The zero-order valence-corrected chi connectivity index (χ0v) is 12.8. The third kappa shape index (κ3) is 3.41. The van der Waals surface area contributed by atoms with Gasteiger partial charge in [0.05, 0.1) is 10.9 Å². The van der Waals surface area contributed by atoms with Gasteiger partial charge in [0.25, 0.3) is 5.56 Å². The van der Waals surface area contributed by atoms with Gasteiger partial charge >= 0.3 is 0 Å². The van der Waals surface area contributed by atoms with E-state index >= 15 is 0 Å². The monoisotopic (exact) mass is 292 g/mol. The van der Waals surface area contributed by atoms with Crippen LogP contribution in [0, 0.1) is 0 Å². The van der Waals surface area contributed by atoms with Crippen molar-refractivity contribution in [3.05, 3.63) is 34.6 Å². The van der Waals surface area contributed by atoms with Crippen molar-refractivity contribution in [3.8, 4) is 0 Å².